The summed E-state index contributed by atoms with van der Waals surface area (Å²) in [7, 11) is -1.50. The number of rotatable bonds is 5. The van der Waals surface area contributed by atoms with Gasteiger partial charge in [-0.2, -0.15) is 0 Å². The van der Waals surface area contributed by atoms with Gasteiger partial charge in [-0.15, -0.1) is 0 Å². The third kappa shape index (κ3) is 4.55. The summed E-state index contributed by atoms with van der Waals surface area (Å²) in [5, 5.41) is 11.0. The van der Waals surface area contributed by atoms with E-state index in [2.05, 4.69) is 84.4 Å². The number of benzene rings is 2. The Labute approximate surface area is 195 Å². The predicted molar refractivity (Wildman–Crippen MR) is 116 cm³/mol. The molecule has 2 aromatic carbocycles. The SMILES string of the molecule is C[CH]=[Zr+2]([C]1=CC([Si](C)(C)CCO)=CC1)[CH]1c2ccccc2-c2ccccc21.[Cl-].[Cl-]. The summed E-state index contributed by atoms with van der Waals surface area (Å²) in [6.07, 6.45) is 6.17. The number of fused-ring (bicyclic) bond motifs is 3. The summed E-state index contributed by atoms with van der Waals surface area (Å²) >= 11 is -1.98. The van der Waals surface area contributed by atoms with Gasteiger partial charge in [-0.05, 0) is 0 Å². The van der Waals surface area contributed by atoms with Crippen LogP contribution in [-0.4, -0.2) is 23.5 Å². The van der Waals surface area contributed by atoms with Crippen molar-refractivity contribution in [3.8, 4) is 11.1 Å². The first-order chi connectivity index (χ1) is 13.1. The molecule has 0 saturated carbocycles. The maximum Gasteiger partial charge on any atom is -1.00 e. The second kappa shape index (κ2) is 10.2. The molecule has 1 N–H and O–H groups in total. The van der Waals surface area contributed by atoms with E-state index in [1.165, 1.54) is 11.1 Å². The van der Waals surface area contributed by atoms with E-state index >= 15 is 0 Å². The number of aliphatic hydroxyl groups excluding tert-OH is 1. The maximum absolute atomic E-state index is 9.47. The molecule has 0 fully saturated rings. The Morgan fingerprint density at radius 2 is 1.55 bits per heavy atom. The van der Waals surface area contributed by atoms with Crippen LogP contribution in [0.3, 0.4) is 0 Å². The number of allylic oxidation sites excluding steroid dienone is 4. The van der Waals surface area contributed by atoms with Crippen molar-refractivity contribution >= 4 is 11.8 Å². The van der Waals surface area contributed by atoms with Crippen molar-refractivity contribution in [2.75, 3.05) is 6.61 Å². The minimum Gasteiger partial charge on any atom is -1.00 e. The Morgan fingerprint density at radius 3 is 2.07 bits per heavy atom. The molecule has 0 aromatic heterocycles. The van der Waals surface area contributed by atoms with Gasteiger partial charge in [0, 0.05) is 0 Å². The second-order valence-corrected chi connectivity index (χ2v) is 19.7. The summed E-state index contributed by atoms with van der Waals surface area (Å²) < 4.78 is 4.92. The standard InChI is InChI=1S/C13H9.C9H15OSi.C2H4.2ClH.Zr/c1-3-7-12-10(5-1)9-11-6-2-4-8-13(11)12;1-11(2,8-7-10)9-5-3-4-6-9;1-2;;;/h1-9H;5-6,10H,3,7-8H2,1-2H3;1H,2H3;2*1H;/q;;;;;+2/p-2. The van der Waals surface area contributed by atoms with Gasteiger partial charge in [-0.25, -0.2) is 0 Å². The number of halogens is 2. The van der Waals surface area contributed by atoms with Crippen molar-refractivity contribution in [2.45, 2.75) is 36.1 Å². The van der Waals surface area contributed by atoms with Crippen LogP contribution in [-0.2, 0) is 21.3 Å². The summed E-state index contributed by atoms with van der Waals surface area (Å²) in [6.45, 7) is 7.41. The topological polar surface area (TPSA) is 20.2 Å². The molecule has 4 rings (SSSR count). The molecule has 0 atom stereocenters. The summed E-state index contributed by atoms with van der Waals surface area (Å²) in [4.78, 5) is 0. The first-order valence-corrected chi connectivity index (χ1v) is 17.2. The van der Waals surface area contributed by atoms with Crippen molar-refractivity contribution in [1.82, 2.24) is 0 Å². The van der Waals surface area contributed by atoms with Gasteiger partial charge in [-0.3, -0.25) is 0 Å². The molecule has 5 heteroatoms. The minimum absolute atomic E-state index is 0. The zero-order valence-corrected chi connectivity index (χ0v) is 22.2. The van der Waals surface area contributed by atoms with E-state index in [9.17, 15) is 5.11 Å². The molecule has 0 aliphatic heterocycles. The van der Waals surface area contributed by atoms with E-state index < -0.39 is 29.3 Å². The van der Waals surface area contributed by atoms with Crippen molar-refractivity contribution < 1.29 is 51.2 Å². The molecule has 0 bridgehead atoms. The van der Waals surface area contributed by atoms with Gasteiger partial charge in [0.2, 0.25) is 0 Å². The second-order valence-electron chi connectivity index (χ2n) is 8.24. The van der Waals surface area contributed by atoms with Gasteiger partial charge < -0.3 is 24.8 Å². The first-order valence-electron chi connectivity index (χ1n) is 9.93. The first kappa shape index (κ1) is 24.7. The van der Waals surface area contributed by atoms with Gasteiger partial charge in [0.05, 0.1) is 0 Å². The Kier molecular flexibility index (Phi) is 8.65. The van der Waals surface area contributed by atoms with E-state index in [1.807, 2.05) is 0 Å². The van der Waals surface area contributed by atoms with E-state index in [0.717, 1.165) is 12.5 Å². The zero-order valence-electron chi connectivity index (χ0n) is 17.3. The van der Waals surface area contributed by atoms with Crippen molar-refractivity contribution in [1.29, 1.82) is 0 Å². The normalized spacial score (nSPS) is 15.0. The molecule has 1 nitrogen and oxygen atoms in total. The summed E-state index contributed by atoms with van der Waals surface area (Å²) in [6, 6.07) is 19.0. The quantitative estimate of drug-likeness (QED) is 0.533. The maximum atomic E-state index is 9.47. The summed E-state index contributed by atoms with van der Waals surface area (Å²) in [5.41, 5.74) is 5.99. The molecule has 0 amide bonds. The van der Waals surface area contributed by atoms with Crippen LogP contribution in [0.15, 0.2) is 69.2 Å². The van der Waals surface area contributed by atoms with Crippen LogP contribution < -0.4 is 24.8 Å². The number of hydrogen-bond acceptors (Lipinski definition) is 1. The fourth-order valence-electron chi connectivity index (χ4n) is 4.65. The van der Waals surface area contributed by atoms with Crippen LogP contribution in [0.5, 0.6) is 0 Å². The Balaban J connectivity index is 0.00000150. The predicted octanol–water partition coefficient (Wildman–Crippen LogP) is -0.341. The van der Waals surface area contributed by atoms with Gasteiger partial charge in [0.1, 0.15) is 0 Å². The van der Waals surface area contributed by atoms with Gasteiger partial charge in [0.25, 0.3) is 0 Å². The Morgan fingerprint density at radius 1 is 1.00 bits per heavy atom. The minimum atomic E-state index is -1.98. The fourth-order valence-corrected chi connectivity index (χ4v) is 14.2. The molecule has 0 unspecified atom stereocenters. The zero-order chi connectivity index (χ0) is 19.0. The summed E-state index contributed by atoms with van der Waals surface area (Å²) in [5.74, 6) is 0. The van der Waals surface area contributed by atoms with Crippen LogP contribution in [0, 0.1) is 0 Å². The van der Waals surface area contributed by atoms with Crippen molar-refractivity contribution in [2.24, 2.45) is 0 Å². The Hall–Kier alpha value is -0.570. The molecule has 0 spiro atoms. The van der Waals surface area contributed by atoms with Crippen molar-refractivity contribution in [3.63, 3.8) is 0 Å². The number of hydrogen-bond donors (Lipinski definition) is 1. The third-order valence-corrected chi connectivity index (χ3v) is 16.9. The molecule has 0 saturated heterocycles. The molecule has 29 heavy (non-hydrogen) atoms. The molecule has 0 radical (unpaired) electrons. The van der Waals surface area contributed by atoms with Crippen LogP contribution in [0.4, 0.5) is 0 Å². The van der Waals surface area contributed by atoms with Gasteiger partial charge >= 0.3 is 172 Å². The molecular weight excluding hydrogens is 494 g/mol. The van der Waals surface area contributed by atoms with E-state index in [0.29, 0.717) is 10.2 Å². The average Bonchev–Trinajstić information content (AvgIpc) is 3.28. The molecule has 2 aromatic rings. The molecule has 152 valence electrons. The molecule has 2 aliphatic rings. The van der Waals surface area contributed by atoms with E-state index in [-0.39, 0.29) is 24.8 Å². The smallest absolute Gasteiger partial charge is 1.00 e. The van der Waals surface area contributed by atoms with Crippen LogP contribution in [0.2, 0.25) is 19.1 Å². The largest absolute Gasteiger partial charge is 1.00 e. The van der Waals surface area contributed by atoms with E-state index in [4.69, 9.17) is 0 Å². The Bertz CT molecular complexity index is 933. The van der Waals surface area contributed by atoms with Gasteiger partial charge in [0.15, 0.2) is 0 Å². The molecular formula is C24H28Cl2OSiZr. The molecule has 0 heterocycles. The van der Waals surface area contributed by atoms with E-state index in [1.54, 1.807) is 19.6 Å². The van der Waals surface area contributed by atoms with Crippen molar-refractivity contribution in [3.05, 3.63) is 80.3 Å². The number of aliphatic hydroxyl groups is 1. The van der Waals surface area contributed by atoms with Gasteiger partial charge in [-0.1, -0.05) is 0 Å². The molecule has 2 aliphatic carbocycles. The fraction of sp³-hybridized carbons (Fsp3) is 0.292. The average molecular weight is 523 g/mol. The monoisotopic (exact) mass is 520 g/mol. The third-order valence-electron chi connectivity index (χ3n) is 6.22. The van der Waals surface area contributed by atoms with Crippen LogP contribution in [0.25, 0.3) is 11.1 Å². The van der Waals surface area contributed by atoms with Crippen LogP contribution in [0.1, 0.15) is 28.1 Å². The van der Waals surface area contributed by atoms with Crippen LogP contribution >= 0.6 is 0 Å².